The van der Waals surface area contributed by atoms with Crippen molar-refractivity contribution in [1.29, 1.82) is 0 Å². The van der Waals surface area contributed by atoms with Gasteiger partial charge in [-0.25, -0.2) is 14.6 Å². The molecular weight excluding hydrogens is 630 g/mol. The summed E-state index contributed by atoms with van der Waals surface area (Å²) in [7, 11) is 0. The Hall–Kier alpha value is -4.70. The van der Waals surface area contributed by atoms with Crippen molar-refractivity contribution in [3.8, 4) is 22.5 Å². The van der Waals surface area contributed by atoms with E-state index in [1.54, 1.807) is 4.57 Å². The van der Waals surface area contributed by atoms with Gasteiger partial charge in [0, 0.05) is 30.0 Å². The van der Waals surface area contributed by atoms with Crippen molar-refractivity contribution in [2.24, 2.45) is 0 Å². The van der Waals surface area contributed by atoms with Crippen molar-refractivity contribution in [3.63, 3.8) is 0 Å². The van der Waals surface area contributed by atoms with Crippen LogP contribution < -0.4 is 0 Å². The Morgan fingerprint density at radius 3 is 2.51 bits per heavy atom. The number of imidazole rings is 1. The number of nitrogens with zero attached hydrogens (tertiary/aromatic N) is 7. The van der Waals surface area contributed by atoms with Gasteiger partial charge in [-0.2, -0.15) is 11.8 Å². The van der Waals surface area contributed by atoms with Gasteiger partial charge in [0.1, 0.15) is 19.0 Å². The van der Waals surface area contributed by atoms with Crippen LogP contribution in [0.5, 0.6) is 0 Å². The largest absolute Gasteiger partial charge is 0.510 e. The number of rotatable bonds is 17. The number of aromatic carboxylic acids is 1. The van der Waals surface area contributed by atoms with Gasteiger partial charge in [0.15, 0.2) is 10.8 Å². The predicted octanol–water partition coefficient (Wildman–Crippen LogP) is 5.00. The van der Waals surface area contributed by atoms with E-state index in [0.29, 0.717) is 41.7 Å². The lowest BCUT2D eigenvalue weighted by molar-refractivity contribution is -0.756. The third-order valence-corrected chi connectivity index (χ3v) is 7.53. The normalized spacial score (nSPS) is 10.9. The van der Waals surface area contributed by atoms with Crippen LogP contribution in [0.3, 0.4) is 0 Å². The number of ether oxygens (including phenoxy) is 2. The number of unbranched alkanes of at least 4 members (excludes halogenated alkanes) is 1. The Morgan fingerprint density at radius 2 is 1.80 bits per heavy atom. The second-order valence-electron chi connectivity index (χ2n) is 9.43. The zero-order valence-corrected chi connectivity index (χ0v) is 25.8. The molecule has 0 atom stereocenters. The lowest BCUT2D eigenvalue weighted by atomic mass is 9.98. The Labute approximate surface area is 266 Å². The van der Waals surface area contributed by atoms with Crippen LogP contribution in [0.4, 0.5) is 4.79 Å². The molecule has 4 aromatic rings. The lowest BCUT2D eigenvalue weighted by Gasteiger charge is -2.12. The first-order chi connectivity index (χ1) is 21.8. The van der Waals surface area contributed by atoms with Crippen molar-refractivity contribution >= 4 is 35.5 Å². The van der Waals surface area contributed by atoms with Crippen molar-refractivity contribution in [2.75, 3.05) is 24.7 Å². The third-order valence-electron chi connectivity index (χ3n) is 6.36. The molecule has 0 aliphatic rings. The molecule has 4 rings (SSSR count). The number of carbonyl (C=O) groups is 2. The van der Waals surface area contributed by atoms with Crippen LogP contribution >= 0.6 is 23.4 Å². The minimum Gasteiger partial charge on any atom is -0.476 e. The van der Waals surface area contributed by atoms with Crippen LogP contribution in [-0.4, -0.2) is 76.8 Å². The SMILES string of the molecule is CCCCc1nc(Cl)c(C(=O)O)n1Cc1ccc(-c2ccccc2-c2nnn(COC(=O)OCCSCCO[N+](=O)[O-])n2)cc1. The van der Waals surface area contributed by atoms with E-state index < -0.39 is 17.2 Å². The first kappa shape index (κ1) is 33.2. The van der Waals surface area contributed by atoms with Crippen LogP contribution in [-0.2, 0) is 34.0 Å². The fourth-order valence-corrected chi connectivity index (χ4v) is 5.16. The Morgan fingerprint density at radius 1 is 1.07 bits per heavy atom. The summed E-state index contributed by atoms with van der Waals surface area (Å²) in [6.45, 7) is 2.05. The van der Waals surface area contributed by atoms with Crippen molar-refractivity contribution in [3.05, 3.63) is 80.9 Å². The molecule has 0 radical (unpaired) electrons. The molecule has 45 heavy (non-hydrogen) atoms. The quantitative estimate of drug-likeness (QED) is 0.0691. The Kier molecular flexibility index (Phi) is 12.1. The van der Waals surface area contributed by atoms with Gasteiger partial charge in [-0.05, 0) is 28.3 Å². The molecule has 0 aliphatic heterocycles. The molecule has 15 nitrogen and oxygen atoms in total. The molecule has 1 N–H and O–H groups in total. The van der Waals surface area contributed by atoms with Crippen LogP contribution in [0.2, 0.25) is 5.15 Å². The van der Waals surface area contributed by atoms with Gasteiger partial charge in [-0.3, -0.25) is 0 Å². The summed E-state index contributed by atoms with van der Waals surface area (Å²) in [6, 6.07) is 15.2. The van der Waals surface area contributed by atoms with Gasteiger partial charge in [-0.1, -0.05) is 73.5 Å². The molecule has 0 spiro atoms. The number of carboxylic acid groups (broad SMARTS) is 1. The number of carbonyl (C=O) groups excluding carboxylic acids is 1. The minimum absolute atomic E-state index is 0.0172. The molecular formula is C28H30ClN7O8S. The number of halogens is 1. The van der Waals surface area contributed by atoms with Gasteiger partial charge < -0.3 is 24.0 Å². The van der Waals surface area contributed by atoms with E-state index in [4.69, 9.17) is 21.1 Å². The maximum Gasteiger partial charge on any atom is 0.510 e. The fraction of sp³-hybridized carbons (Fsp3) is 0.357. The number of aryl methyl sites for hydroxylation is 1. The topological polar surface area (TPSA) is 187 Å². The molecule has 0 unspecified atom stereocenters. The summed E-state index contributed by atoms with van der Waals surface area (Å²) in [5.74, 6) is 0.626. The lowest BCUT2D eigenvalue weighted by Crippen LogP contribution is -2.14. The minimum atomic E-state index is -1.13. The average molecular weight is 660 g/mol. The number of hydrogen-bond donors (Lipinski definition) is 1. The Bertz CT molecular complexity index is 1610. The maximum absolute atomic E-state index is 11.9. The molecule has 0 amide bonds. The molecule has 2 aromatic heterocycles. The molecule has 0 aliphatic carbocycles. The van der Waals surface area contributed by atoms with Crippen molar-refractivity contribution in [1.82, 2.24) is 29.8 Å². The van der Waals surface area contributed by atoms with Crippen molar-refractivity contribution in [2.45, 2.75) is 39.5 Å². The molecule has 2 aromatic carbocycles. The molecule has 238 valence electrons. The molecule has 0 bridgehead atoms. The number of tetrazole rings is 1. The van der Waals surface area contributed by atoms with E-state index in [-0.39, 0.29) is 30.8 Å². The second-order valence-corrected chi connectivity index (χ2v) is 11.0. The van der Waals surface area contributed by atoms with E-state index in [1.807, 2.05) is 48.5 Å². The van der Waals surface area contributed by atoms with E-state index in [1.165, 1.54) is 11.8 Å². The summed E-state index contributed by atoms with van der Waals surface area (Å²) in [6.07, 6.45) is 1.52. The summed E-state index contributed by atoms with van der Waals surface area (Å²) in [5.41, 5.74) is 3.27. The highest BCUT2D eigenvalue weighted by molar-refractivity contribution is 7.99. The number of hydrogen-bond acceptors (Lipinski definition) is 12. The van der Waals surface area contributed by atoms with Crippen LogP contribution in [0.15, 0.2) is 48.5 Å². The highest BCUT2D eigenvalue weighted by Crippen LogP contribution is 2.30. The molecule has 2 heterocycles. The number of aromatic nitrogens is 6. The predicted molar refractivity (Wildman–Crippen MR) is 163 cm³/mol. The van der Waals surface area contributed by atoms with E-state index in [2.05, 4.69) is 32.2 Å². The third kappa shape index (κ3) is 9.39. The zero-order chi connectivity index (χ0) is 32.2. The summed E-state index contributed by atoms with van der Waals surface area (Å²) in [5, 5.41) is 31.3. The van der Waals surface area contributed by atoms with E-state index in [9.17, 15) is 24.8 Å². The van der Waals surface area contributed by atoms with Gasteiger partial charge in [-0.15, -0.1) is 25.1 Å². The summed E-state index contributed by atoms with van der Waals surface area (Å²) < 4.78 is 11.6. The van der Waals surface area contributed by atoms with Crippen LogP contribution in [0, 0.1) is 10.1 Å². The Balaban J connectivity index is 1.37. The molecule has 17 heteroatoms. The maximum atomic E-state index is 11.9. The summed E-state index contributed by atoms with van der Waals surface area (Å²) >= 11 is 7.50. The van der Waals surface area contributed by atoms with E-state index >= 15 is 0 Å². The highest BCUT2D eigenvalue weighted by atomic mass is 35.5. The summed E-state index contributed by atoms with van der Waals surface area (Å²) in [4.78, 5) is 43.5. The number of benzene rings is 2. The van der Waals surface area contributed by atoms with Crippen LogP contribution in [0.25, 0.3) is 22.5 Å². The number of thioether (sulfide) groups is 1. The second kappa shape index (κ2) is 16.4. The zero-order valence-electron chi connectivity index (χ0n) is 24.2. The van der Waals surface area contributed by atoms with E-state index in [0.717, 1.165) is 34.3 Å². The molecule has 0 saturated carbocycles. The standard InChI is InChI=1S/C28H30ClN7O8S/c1-2-3-8-23-30-25(29)24(27(37)38)34(23)17-19-9-11-20(12-10-19)21-6-4-5-7-22(21)26-31-33-35(32-26)18-43-28(39)42-13-15-45-16-14-44-36(40)41/h4-7,9-12H,2-3,8,13-18H2,1H3,(H,37,38). The smallest absolute Gasteiger partial charge is 0.476 e. The first-order valence-corrected chi connectivity index (χ1v) is 15.4. The average Bonchev–Trinajstić information content (AvgIpc) is 3.62. The van der Waals surface area contributed by atoms with Gasteiger partial charge in [0.05, 0.1) is 0 Å². The monoisotopic (exact) mass is 659 g/mol. The molecule has 0 fully saturated rings. The van der Waals surface area contributed by atoms with Crippen molar-refractivity contribution < 1.29 is 34.1 Å². The fourth-order valence-electron chi connectivity index (χ4n) is 4.28. The molecule has 0 saturated heterocycles. The van der Waals surface area contributed by atoms with Crippen LogP contribution in [0.1, 0.15) is 41.6 Å². The van der Waals surface area contributed by atoms with Gasteiger partial charge in [0.25, 0.3) is 5.09 Å². The highest BCUT2D eigenvalue weighted by Gasteiger charge is 2.21. The number of carboxylic acids is 1. The van der Waals surface area contributed by atoms with Gasteiger partial charge in [0.2, 0.25) is 12.6 Å². The van der Waals surface area contributed by atoms with Gasteiger partial charge >= 0.3 is 12.1 Å². The first-order valence-electron chi connectivity index (χ1n) is 13.9.